The third-order valence-electron chi connectivity index (χ3n) is 4.97. The van der Waals surface area contributed by atoms with Crippen molar-refractivity contribution in [1.29, 1.82) is 0 Å². The van der Waals surface area contributed by atoms with Gasteiger partial charge in [0.05, 0.1) is 11.3 Å². The highest BCUT2D eigenvalue weighted by Gasteiger charge is 2.26. The van der Waals surface area contributed by atoms with E-state index in [1.54, 1.807) is 6.07 Å². The maximum Gasteiger partial charge on any atom is 0.254 e. The van der Waals surface area contributed by atoms with Crippen LogP contribution in [-0.4, -0.2) is 40.8 Å². The zero-order chi connectivity index (χ0) is 20.8. The van der Waals surface area contributed by atoms with Crippen molar-refractivity contribution in [1.82, 2.24) is 15.2 Å². The SMILES string of the molecule is CC(C)C(NC(=O)c1ccccc1F)C(=O)Nc1nc(CN2CCCCC2)cs1. The molecule has 2 amide bonds. The van der Waals surface area contributed by atoms with Crippen molar-refractivity contribution in [2.75, 3.05) is 18.4 Å². The van der Waals surface area contributed by atoms with E-state index < -0.39 is 17.8 Å². The van der Waals surface area contributed by atoms with Crippen LogP contribution in [0.2, 0.25) is 0 Å². The third kappa shape index (κ3) is 5.83. The molecular weight excluding hydrogens is 391 g/mol. The Kier molecular flexibility index (Phi) is 7.33. The second-order valence-electron chi connectivity index (χ2n) is 7.65. The third-order valence-corrected chi connectivity index (χ3v) is 5.78. The fourth-order valence-electron chi connectivity index (χ4n) is 3.37. The number of nitrogens with zero attached hydrogens (tertiary/aromatic N) is 2. The molecule has 6 nitrogen and oxygen atoms in total. The van der Waals surface area contributed by atoms with Gasteiger partial charge in [-0.05, 0) is 44.0 Å². The normalized spacial score (nSPS) is 15.9. The molecule has 1 atom stereocenters. The summed E-state index contributed by atoms with van der Waals surface area (Å²) < 4.78 is 13.9. The number of carbonyl (C=O) groups excluding carboxylic acids is 2. The molecule has 1 aromatic carbocycles. The smallest absolute Gasteiger partial charge is 0.254 e. The first-order chi connectivity index (χ1) is 13.9. The Labute approximate surface area is 174 Å². The number of hydrogen-bond acceptors (Lipinski definition) is 5. The first-order valence-electron chi connectivity index (χ1n) is 9.97. The predicted octanol–water partition coefficient (Wildman–Crippen LogP) is 3.66. The van der Waals surface area contributed by atoms with Crippen molar-refractivity contribution in [2.24, 2.45) is 5.92 Å². The van der Waals surface area contributed by atoms with Gasteiger partial charge in [-0.3, -0.25) is 14.5 Å². The van der Waals surface area contributed by atoms with E-state index in [2.05, 4.69) is 20.5 Å². The Bertz CT molecular complexity index is 849. The molecule has 1 aliphatic rings. The van der Waals surface area contributed by atoms with E-state index in [4.69, 9.17) is 0 Å². The van der Waals surface area contributed by atoms with Crippen LogP contribution >= 0.6 is 11.3 Å². The molecule has 0 radical (unpaired) electrons. The van der Waals surface area contributed by atoms with Crippen LogP contribution in [-0.2, 0) is 11.3 Å². The first kappa shape index (κ1) is 21.4. The molecule has 1 unspecified atom stereocenters. The molecule has 1 saturated heterocycles. The Morgan fingerprint density at radius 3 is 2.62 bits per heavy atom. The molecule has 1 aromatic heterocycles. The molecule has 3 rings (SSSR count). The quantitative estimate of drug-likeness (QED) is 0.720. The number of nitrogens with one attached hydrogen (secondary N) is 2. The standard InChI is InChI=1S/C21H27FN4O2S/c1-14(2)18(24-19(27)16-8-4-5-9-17(16)22)20(28)25-21-23-15(13-29-21)12-26-10-6-3-7-11-26/h4-5,8-9,13-14,18H,3,6-7,10-12H2,1-2H3,(H,24,27)(H,23,25,28). The number of hydrogen-bond donors (Lipinski definition) is 2. The van der Waals surface area contributed by atoms with E-state index in [1.165, 1.54) is 48.8 Å². The molecule has 1 aliphatic heterocycles. The van der Waals surface area contributed by atoms with E-state index in [0.29, 0.717) is 5.13 Å². The van der Waals surface area contributed by atoms with Crippen LogP contribution in [0.4, 0.5) is 9.52 Å². The molecule has 156 valence electrons. The summed E-state index contributed by atoms with van der Waals surface area (Å²) in [4.78, 5) is 32.0. The molecule has 0 spiro atoms. The van der Waals surface area contributed by atoms with Gasteiger partial charge in [0.15, 0.2) is 5.13 Å². The zero-order valence-corrected chi connectivity index (χ0v) is 17.6. The van der Waals surface area contributed by atoms with Crippen LogP contribution < -0.4 is 10.6 Å². The number of anilines is 1. The van der Waals surface area contributed by atoms with Gasteiger partial charge >= 0.3 is 0 Å². The minimum Gasteiger partial charge on any atom is -0.340 e. The Hall–Kier alpha value is -2.32. The Morgan fingerprint density at radius 2 is 1.93 bits per heavy atom. The van der Waals surface area contributed by atoms with Crippen molar-refractivity contribution in [3.63, 3.8) is 0 Å². The number of aromatic nitrogens is 1. The monoisotopic (exact) mass is 418 g/mol. The summed E-state index contributed by atoms with van der Waals surface area (Å²) in [5.41, 5.74) is 0.854. The van der Waals surface area contributed by atoms with Crippen LogP contribution in [0.3, 0.4) is 0 Å². The summed E-state index contributed by atoms with van der Waals surface area (Å²) in [6.07, 6.45) is 3.71. The molecule has 1 fully saturated rings. The number of thiazole rings is 1. The number of benzene rings is 1. The molecule has 0 bridgehead atoms. The fourth-order valence-corrected chi connectivity index (χ4v) is 4.07. The van der Waals surface area contributed by atoms with Gasteiger partial charge < -0.3 is 10.6 Å². The van der Waals surface area contributed by atoms with Crippen LogP contribution in [0.25, 0.3) is 0 Å². The Morgan fingerprint density at radius 1 is 1.21 bits per heavy atom. The molecule has 2 aromatic rings. The van der Waals surface area contributed by atoms with Crippen molar-refractivity contribution in [3.05, 3.63) is 46.7 Å². The van der Waals surface area contributed by atoms with Crippen LogP contribution in [0.5, 0.6) is 0 Å². The van der Waals surface area contributed by atoms with Gasteiger partial charge in [-0.25, -0.2) is 9.37 Å². The number of likely N-dealkylation sites (tertiary alicyclic amines) is 1. The maximum atomic E-state index is 13.9. The first-order valence-corrected chi connectivity index (χ1v) is 10.8. The van der Waals surface area contributed by atoms with E-state index in [9.17, 15) is 14.0 Å². The lowest BCUT2D eigenvalue weighted by Crippen LogP contribution is -2.47. The van der Waals surface area contributed by atoms with Crippen molar-refractivity contribution in [2.45, 2.75) is 45.7 Å². The van der Waals surface area contributed by atoms with Gasteiger partial charge in [0.2, 0.25) is 5.91 Å². The summed E-state index contributed by atoms with van der Waals surface area (Å²) in [6.45, 7) is 6.60. The average Bonchev–Trinajstić information content (AvgIpc) is 3.13. The Balaban J connectivity index is 1.61. The van der Waals surface area contributed by atoms with Gasteiger partial charge in [0.25, 0.3) is 5.91 Å². The molecule has 8 heteroatoms. The fraction of sp³-hybridized carbons (Fsp3) is 0.476. The summed E-state index contributed by atoms with van der Waals surface area (Å²) in [6, 6.07) is 4.92. The summed E-state index contributed by atoms with van der Waals surface area (Å²) in [5, 5.41) is 7.90. The van der Waals surface area contributed by atoms with Crippen molar-refractivity contribution < 1.29 is 14.0 Å². The van der Waals surface area contributed by atoms with E-state index >= 15 is 0 Å². The zero-order valence-electron chi connectivity index (χ0n) is 16.8. The predicted molar refractivity (Wildman–Crippen MR) is 112 cm³/mol. The minimum atomic E-state index is -0.795. The topological polar surface area (TPSA) is 74.3 Å². The summed E-state index contributed by atoms with van der Waals surface area (Å²) in [5.74, 6) is -1.75. The number of amides is 2. The molecule has 2 heterocycles. The largest absolute Gasteiger partial charge is 0.340 e. The van der Waals surface area contributed by atoms with E-state index in [0.717, 1.165) is 25.3 Å². The minimum absolute atomic E-state index is 0.0796. The molecule has 2 N–H and O–H groups in total. The second kappa shape index (κ2) is 9.93. The summed E-state index contributed by atoms with van der Waals surface area (Å²) >= 11 is 1.37. The lowest BCUT2D eigenvalue weighted by molar-refractivity contribution is -0.118. The van der Waals surface area contributed by atoms with Gasteiger partial charge in [-0.2, -0.15) is 0 Å². The number of rotatable bonds is 7. The van der Waals surface area contributed by atoms with Crippen molar-refractivity contribution >= 4 is 28.3 Å². The van der Waals surface area contributed by atoms with Gasteiger partial charge in [-0.15, -0.1) is 11.3 Å². The maximum absolute atomic E-state index is 13.9. The highest BCUT2D eigenvalue weighted by Crippen LogP contribution is 2.20. The number of piperidine rings is 1. The van der Waals surface area contributed by atoms with Gasteiger partial charge in [0, 0.05) is 11.9 Å². The van der Waals surface area contributed by atoms with Crippen LogP contribution in [0.15, 0.2) is 29.6 Å². The highest BCUT2D eigenvalue weighted by atomic mass is 32.1. The highest BCUT2D eigenvalue weighted by molar-refractivity contribution is 7.13. The molecule has 0 saturated carbocycles. The van der Waals surface area contributed by atoms with Crippen LogP contribution in [0.1, 0.15) is 49.2 Å². The average molecular weight is 419 g/mol. The molecule has 29 heavy (non-hydrogen) atoms. The number of halogens is 1. The number of carbonyl (C=O) groups is 2. The van der Waals surface area contributed by atoms with Gasteiger partial charge in [-0.1, -0.05) is 32.4 Å². The second-order valence-corrected chi connectivity index (χ2v) is 8.50. The van der Waals surface area contributed by atoms with Crippen molar-refractivity contribution in [3.8, 4) is 0 Å². The van der Waals surface area contributed by atoms with Crippen LogP contribution in [0, 0.1) is 11.7 Å². The van der Waals surface area contributed by atoms with Gasteiger partial charge in [0.1, 0.15) is 11.9 Å². The summed E-state index contributed by atoms with van der Waals surface area (Å²) in [7, 11) is 0. The van der Waals surface area contributed by atoms with E-state index in [1.807, 2.05) is 19.2 Å². The lowest BCUT2D eigenvalue weighted by Gasteiger charge is -2.25. The molecule has 0 aliphatic carbocycles. The molecular formula is C21H27FN4O2S. The van der Waals surface area contributed by atoms with E-state index in [-0.39, 0.29) is 17.4 Å². The lowest BCUT2D eigenvalue weighted by atomic mass is 10.0.